The van der Waals surface area contributed by atoms with Gasteiger partial charge in [-0.05, 0) is 36.1 Å². The number of nitrogens with two attached hydrogens (primary N) is 1. The first-order valence-corrected chi connectivity index (χ1v) is 7.93. The zero-order chi connectivity index (χ0) is 17.5. The number of hydrogen-bond acceptors (Lipinski definition) is 3. The molecule has 0 bridgehead atoms. The average molecular weight is 326 g/mol. The average Bonchev–Trinajstić information content (AvgIpc) is 2.59. The van der Waals surface area contributed by atoms with Crippen LogP contribution in [0.1, 0.15) is 42.1 Å². The fourth-order valence-corrected chi connectivity index (χ4v) is 2.38. The molecule has 3 N–H and O–H groups in total. The third-order valence-corrected chi connectivity index (χ3v) is 3.89. The van der Waals surface area contributed by atoms with E-state index >= 15 is 0 Å². The van der Waals surface area contributed by atoms with Gasteiger partial charge >= 0.3 is 0 Å². The van der Waals surface area contributed by atoms with Crippen molar-refractivity contribution in [3.05, 3.63) is 59.7 Å². The van der Waals surface area contributed by atoms with E-state index in [1.54, 1.807) is 24.3 Å². The lowest BCUT2D eigenvalue weighted by atomic mass is 9.98. The molecule has 126 valence electrons. The number of para-hydroxylation sites is 2. The number of amides is 2. The summed E-state index contributed by atoms with van der Waals surface area (Å²) in [6, 6.07) is 14.3. The van der Waals surface area contributed by atoms with Gasteiger partial charge in [0, 0.05) is 0 Å². The zero-order valence-corrected chi connectivity index (χ0v) is 13.9. The molecule has 24 heavy (non-hydrogen) atoms. The number of carbonyl (C=O) groups is 2. The minimum atomic E-state index is -0.589. The maximum Gasteiger partial charge on any atom is 0.262 e. The highest BCUT2D eigenvalue weighted by Gasteiger charge is 2.13. The summed E-state index contributed by atoms with van der Waals surface area (Å²) < 4.78 is 5.67. The van der Waals surface area contributed by atoms with Gasteiger partial charge in [-0.3, -0.25) is 9.59 Å². The number of anilines is 1. The number of benzene rings is 2. The van der Waals surface area contributed by atoms with Crippen molar-refractivity contribution in [1.29, 1.82) is 0 Å². The highest BCUT2D eigenvalue weighted by atomic mass is 16.5. The minimum Gasteiger partial charge on any atom is -0.483 e. The molecule has 0 aliphatic heterocycles. The number of carbonyl (C=O) groups excluding carboxylic acids is 2. The van der Waals surface area contributed by atoms with Crippen LogP contribution in [0.2, 0.25) is 0 Å². The first-order valence-electron chi connectivity index (χ1n) is 7.93. The number of hydrogen-bond donors (Lipinski definition) is 2. The summed E-state index contributed by atoms with van der Waals surface area (Å²) >= 11 is 0. The maximum atomic E-state index is 12.1. The topological polar surface area (TPSA) is 81.4 Å². The molecule has 5 nitrogen and oxygen atoms in total. The van der Waals surface area contributed by atoms with Crippen LogP contribution in [-0.4, -0.2) is 18.4 Å². The Morgan fingerprint density at radius 2 is 1.79 bits per heavy atom. The van der Waals surface area contributed by atoms with Gasteiger partial charge in [-0.25, -0.2) is 0 Å². The van der Waals surface area contributed by atoms with Gasteiger partial charge in [0.25, 0.3) is 11.8 Å². The molecule has 2 amide bonds. The number of rotatable bonds is 7. The van der Waals surface area contributed by atoms with Crippen LogP contribution < -0.4 is 15.8 Å². The smallest absolute Gasteiger partial charge is 0.262 e. The molecule has 0 saturated heterocycles. The molecule has 0 saturated carbocycles. The molecule has 2 aromatic rings. The van der Waals surface area contributed by atoms with E-state index in [0.717, 1.165) is 12.0 Å². The normalized spacial score (nSPS) is 11.6. The van der Waals surface area contributed by atoms with Crippen molar-refractivity contribution in [2.24, 2.45) is 5.73 Å². The van der Waals surface area contributed by atoms with Crippen molar-refractivity contribution in [3.63, 3.8) is 0 Å². The lowest BCUT2D eigenvalue weighted by Gasteiger charge is -2.15. The second-order valence-electron chi connectivity index (χ2n) is 5.59. The summed E-state index contributed by atoms with van der Waals surface area (Å²) in [7, 11) is 0. The van der Waals surface area contributed by atoms with Gasteiger partial charge in [0.15, 0.2) is 6.61 Å². The highest BCUT2D eigenvalue weighted by Crippen LogP contribution is 2.28. The molecule has 5 heteroatoms. The summed E-state index contributed by atoms with van der Waals surface area (Å²) in [5.41, 5.74) is 7.03. The summed E-state index contributed by atoms with van der Waals surface area (Å²) in [6.45, 7) is 4.08. The first-order chi connectivity index (χ1) is 11.5. The maximum absolute atomic E-state index is 12.1. The Bertz CT molecular complexity index is 728. The second kappa shape index (κ2) is 8.15. The van der Waals surface area contributed by atoms with Crippen LogP contribution in [-0.2, 0) is 4.79 Å². The van der Waals surface area contributed by atoms with Crippen LogP contribution in [0.15, 0.2) is 48.5 Å². The van der Waals surface area contributed by atoms with Crippen molar-refractivity contribution >= 4 is 17.5 Å². The third kappa shape index (κ3) is 4.35. The Balaban J connectivity index is 2.04. The molecule has 0 aliphatic rings. The van der Waals surface area contributed by atoms with Crippen molar-refractivity contribution in [2.45, 2.75) is 26.2 Å². The number of primary amides is 1. The lowest BCUT2D eigenvalue weighted by Crippen LogP contribution is -2.23. The number of nitrogens with one attached hydrogen (secondary N) is 1. The molecule has 2 rings (SSSR count). The monoisotopic (exact) mass is 326 g/mol. The predicted molar refractivity (Wildman–Crippen MR) is 94.2 cm³/mol. The fourth-order valence-electron chi connectivity index (χ4n) is 2.38. The van der Waals surface area contributed by atoms with Gasteiger partial charge in [-0.15, -0.1) is 0 Å². The van der Waals surface area contributed by atoms with Crippen LogP contribution in [0, 0.1) is 0 Å². The Morgan fingerprint density at radius 3 is 2.50 bits per heavy atom. The van der Waals surface area contributed by atoms with E-state index in [1.165, 1.54) is 0 Å². The highest BCUT2D eigenvalue weighted by molar-refractivity contribution is 6.03. The van der Waals surface area contributed by atoms with Crippen LogP contribution >= 0.6 is 0 Å². The van der Waals surface area contributed by atoms with Crippen LogP contribution in [0.25, 0.3) is 0 Å². The zero-order valence-electron chi connectivity index (χ0n) is 13.9. The van der Waals surface area contributed by atoms with Crippen LogP contribution in [0.3, 0.4) is 0 Å². The van der Waals surface area contributed by atoms with Crippen molar-refractivity contribution in [3.8, 4) is 5.75 Å². The van der Waals surface area contributed by atoms with Gasteiger partial charge in [-0.1, -0.05) is 44.2 Å². The van der Waals surface area contributed by atoms with Gasteiger partial charge in [0.2, 0.25) is 0 Å². The molecule has 2 aromatic carbocycles. The molecule has 0 aromatic heterocycles. The van der Waals surface area contributed by atoms with Gasteiger partial charge in [0.05, 0.1) is 11.3 Å². The van der Waals surface area contributed by atoms with E-state index in [-0.39, 0.29) is 18.1 Å². The van der Waals surface area contributed by atoms with E-state index in [9.17, 15) is 9.59 Å². The Kier molecular flexibility index (Phi) is 5.95. The standard InChI is InChI=1S/C19H22N2O3/c1-3-13(2)14-8-5-7-11-17(14)24-12-18(22)21-16-10-6-4-9-15(16)19(20)23/h4-11,13H,3,12H2,1-2H3,(H2,20,23)(H,21,22)/t13-/m0/s1. The van der Waals surface area contributed by atoms with E-state index in [0.29, 0.717) is 17.4 Å². The van der Waals surface area contributed by atoms with Crippen molar-refractivity contribution in [2.75, 3.05) is 11.9 Å². The summed E-state index contributed by atoms with van der Waals surface area (Å²) in [5.74, 6) is 0.113. The molecular weight excluding hydrogens is 304 g/mol. The van der Waals surface area contributed by atoms with E-state index in [2.05, 4.69) is 19.2 Å². The molecule has 0 heterocycles. The van der Waals surface area contributed by atoms with Crippen molar-refractivity contribution < 1.29 is 14.3 Å². The summed E-state index contributed by atoms with van der Waals surface area (Å²) in [4.78, 5) is 23.5. The van der Waals surface area contributed by atoms with E-state index in [4.69, 9.17) is 10.5 Å². The molecule has 0 aliphatic carbocycles. The van der Waals surface area contributed by atoms with Crippen LogP contribution in [0.4, 0.5) is 5.69 Å². The van der Waals surface area contributed by atoms with Gasteiger partial charge in [0.1, 0.15) is 5.75 Å². The second-order valence-corrected chi connectivity index (χ2v) is 5.59. The Morgan fingerprint density at radius 1 is 1.12 bits per heavy atom. The van der Waals surface area contributed by atoms with Crippen LogP contribution in [0.5, 0.6) is 5.75 Å². The largest absolute Gasteiger partial charge is 0.483 e. The van der Waals surface area contributed by atoms with Gasteiger partial charge in [-0.2, -0.15) is 0 Å². The van der Waals surface area contributed by atoms with Gasteiger partial charge < -0.3 is 15.8 Å². The number of ether oxygens (including phenoxy) is 1. The fraction of sp³-hybridized carbons (Fsp3) is 0.263. The third-order valence-electron chi connectivity index (χ3n) is 3.89. The first kappa shape index (κ1) is 17.5. The molecule has 0 radical (unpaired) electrons. The molecule has 0 unspecified atom stereocenters. The molecule has 1 atom stereocenters. The summed E-state index contributed by atoms with van der Waals surface area (Å²) in [6.07, 6.45) is 0.985. The van der Waals surface area contributed by atoms with E-state index in [1.807, 2.05) is 24.3 Å². The molecule has 0 fully saturated rings. The Labute approximate surface area is 141 Å². The van der Waals surface area contributed by atoms with E-state index < -0.39 is 5.91 Å². The summed E-state index contributed by atoms with van der Waals surface area (Å²) in [5, 5.41) is 2.66. The molecular formula is C19H22N2O3. The lowest BCUT2D eigenvalue weighted by molar-refractivity contribution is -0.118. The quantitative estimate of drug-likeness (QED) is 0.819. The predicted octanol–water partition coefficient (Wildman–Crippen LogP) is 3.32. The van der Waals surface area contributed by atoms with Crippen molar-refractivity contribution in [1.82, 2.24) is 0 Å². The Hall–Kier alpha value is -2.82. The minimum absolute atomic E-state index is 0.138. The SMILES string of the molecule is CC[C@H](C)c1ccccc1OCC(=O)Nc1ccccc1C(N)=O. The molecule has 0 spiro atoms.